The Morgan fingerprint density at radius 3 is 2.83 bits per heavy atom. The van der Waals surface area contributed by atoms with E-state index in [-0.39, 0.29) is 5.91 Å². The van der Waals surface area contributed by atoms with Crippen LogP contribution >= 0.6 is 0 Å². The molecule has 0 atom stereocenters. The highest BCUT2D eigenvalue weighted by atomic mass is 16.2. The maximum absolute atomic E-state index is 12.6. The number of carbonyl (C=O) groups is 1. The van der Waals surface area contributed by atoms with Crippen LogP contribution in [-0.4, -0.2) is 35.4 Å². The summed E-state index contributed by atoms with van der Waals surface area (Å²) in [7, 11) is 1.82. The van der Waals surface area contributed by atoms with E-state index in [0.29, 0.717) is 6.04 Å². The van der Waals surface area contributed by atoms with Gasteiger partial charge in [-0.3, -0.25) is 9.78 Å². The Balaban J connectivity index is 2.22. The molecule has 0 spiro atoms. The highest BCUT2D eigenvalue weighted by Gasteiger charge is 2.27. The van der Waals surface area contributed by atoms with Gasteiger partial charge in [0.2, 0.25) is 0 Å². The topological polar surface area (TPSA) is 45.2 Å². The van der Waals surface area contributed by atoms with E-state index in [0.717, 1.165) is 30.6 Å². The van der Waals surface area contributed by atoms with Gasteiger partial charge >= 0.3 is 0 Å². The quantitative estimate of drug-likeness (QED) is 0.889. The van der Waals surface area contributed by atoms with Crippen LogP contribution in [0.1, 0.15) is 43.0 Å². The molecule has 4 nitrogen and oxygen atoms in total. The fraction of sp³-hybridized carbons (Fsp3) is 0.571. The van der Waals surface area contributed by atoms with E-state index in [1.807, 2.05) is 11.9 Å². The second-order valence-electron chi connectivity index (χ2n) is 4.70. The van der Waals surface area contributed by atoms with Crippen molar-refractivity contribution < 1.29 is 4.79 Å². The zero-order chi connectivity index (χ0) is 13.0. The van der Waals surface area contributed by atoms with Crippen LogP contribution in [0.25, 0.3) is 0 Å². The SMILES string of the molecule is CCN(C(=O)c1ccncc1NC)C1CCCC1. The van der Waals surface area contributed by atoms with Crippen LogP contribution in [0.15, 0.2) is 18.5 Å². The van der Waals surface area contributed by atoms with E-state index in [1.54, 1.807) is 18.5 Å². The minimum absolute atomic E-state index is 0.121. The molecule has 0 aliphatic heterocycles. The molecule has 0 bridgehead atoms. The second kappa shape index (κ2) is 5.85. The van der Waals surface area contributed by atoms with Crippen LogP contribution < -0.4 is 5.32 Å². The number of amides is 1. The van der Waals surface area contributed by atoms with Crippen molar-refractivity contribution in [3.05, 3.63) is 24.0 Å². The van der Waals surface area contributed by atoms with Gasteiger partial charge in [0.1, 0.15) is 0 Å². The van der Waals surface area contributed by atoms with Gasteiger partial charge in [-0.15, -0.1) is 0 Å². The summed E-state index contributed by atoms with van der Waals surface area (Å²) < 4.78 is 0. The number of carbonyl (C=O) groups excluding carboxylic acids is 1. The third kappa shape index (κ3) is 2.47. The summed E-state index contributed by atoms with van der Waals surface area (Å²) in [5.41, 5.74) is 1.53. The molecule has 1 aromatic heterocycles. The van der Waals surface area contributed by atoms with Crippen LogP contribution in [0, 0.1) is 0 Å². The van der Waals surface area contributed by atoms with Gasteiger partial charge in [0.05, 0.1) is 17.4 Å². The van der Waals surface area contributed by atoms with Gasteiger partial charge in [-0.05, 0) is 25.8 Å². The van der Waals surface area contributed by atoms with Gasteiger partial charge in [0, 0.05) is 25.8 Å². The van der Waals surface area contributed by atoms with E-state index in [1.165, 1.54) is 12.8 Å². The van der Waals surface area contributed by atoms with Crippen molar-refractivity contribution >= 4 is 11.6 Å². The van der Waals surface area contributed by atoms with Gasteiger partial charge in [-0.1, -0.05) is 12.8 Å². The Kier molecular flexibility index (Phi) is 4.18. The van der Waals surface area contributed by atoms with E-state index < -0.39 is 0 Å². The smallest absolute Gasteiger partial charge is 0.256 e. The average Bonchev–Trinajstić information content (AvgIpc) is 2.93. The molecule has 1 N–H and O–H groups in total. The van der Waals surface area contributed by atoms with Crippen molar-refractivity contribution in [3.8, 4) is 0 Å². The second-order valence-corrected chi connectivity index (χ2v) is 4.70. The maximum Gasteiger partial charge on any atom is 0.256 e. The molecule has 1 amide bonds. The number of hydrogen-bond acceptors (Lipinski definition) is 3. The number of nitrogens with one attached hydrogen (secondary N) is 1. The lowest BCUT2D eigenvalue weighted by atomic mass is 10.1. The Hall–Kier alpha value is -1.58. The minimum atomic E-state index is 0.121. The number of nitrogens with zero attached hydrogens (tertiary/aromatic N) is 2. The lowest BCUT2D eigenvalue weighted by Crippen LogP contribution is -2.38. The van der Waals surface area contributed by atoms with Crippen LogP contribution in [0.5, 0.6) is 0 Å². The molecular formula is C14H21N3O. The molecule has 1 heterocycles. The van der Waals surface area contributed by atoms with E-state index >= 15 is 0 Å². The summed E-state index contributed by atoms with van der Waals surface area (Å²) in [5, 5.41) is 3.04. The zero-order valence-electron chi connectivity index (χ0n) is 11.1. The predicted octanol–water partition coefficient (Wildman–Crippen LogP) is 2.53. The molecule has 2 rings (SSSR count). The Bertz CT molecular complexity index is 413. The van der Waals surface area contributed by atoms with E-state index in [9.17, 15) is 4.79 Å². The normalized spacial score (nSPS) is 15.7. The molecule has 1 aliphatic rings. The average molecular weight is 247 g/mol. The van der Waals surface area contributed by atoms with Crippen LogP contribution in [-0.2, 0) is 0 Å². The van der Waals surface area contributed by atoms with Crippen molar-refractivity contribution in [3.63, 3.8) is 0 Å². The van der Waals surface area contributed by atoms with E-state index in [2.05, 4.69) is 17.2 Å². The molecule has 0 aromatic carbocycles. The van der Waals surface area contributed by atoms with Crippen molar-refractivity contribution in [2.75, 3.05) is 18.9 Å². The van der Waals surface area contributed by atoms with Crippen molar-refractivity contribution in [2.24, 2.45) is 0 Å². The molecule has 1 fully saturated rings. The number of hydrogen-bond donors (Lipinski definition) is 1. The largest absolute Gasteiger partial charge is 0.386 e. The molecular weight excluding hydrogens is 226 g/mol. The Labute approximate surface area is 108 Å². The molecule has 0 radical (unpaired) electrons. The fourth-order valence-corrected chi connectivity index (χ4v) is 2.72. The summed E-state index contributed by atoms with van der Waals surface area (Å²) >= 11 is 0. The standard InChI is InChI=1S/C14H21N3O/c1-3-17(11-6-4-5-7-11)14(18)12-8-9-16-10-13(12)15-2/h8-11,15H,3-7H2,1-2H3. The molecule has 1 aromatic rings. The monoisotopic (exact) mass is 247 g/mol. The number of aromatic nitrogens is 1. The molecule has 0 saturated heterocycles. The first-order chi connectivity index (χ1) is 8.77. The molecule has 1 saturated carbocycles. The Morgan fingerprint density at radius 1 is 1.50 bits per heavy atom. The third-order valence-corrected chi connectivity index (χ3v) is 3.69. The van der Waals surface area contributed by atoms with Crippen molar-refractivity contribution in [1.82, 2.24) is 9.88 Å². The minimum Gasteiger partial charge on any atom is -0.386 e. The first kappa shape index (κ1) is 12.9. The molecule has 0 unspecified atom stereocenters. The van der Waals surface area contributed by atoms with Gasteiger partial charge < -0.3 is 10.2 Å². The first-order valence-electron chi connectivity index (χ1n) is 6.70. The number of anilines is 1. The van der Waals surface area contributed by atoms with Crippen LogP contribution in [0.2, 0.25) is 0 Å². The number of pyridine rings is 1. The molecule has 98 valence electrons. The number of rotatable bonds is 4. The van der Waals surface area contributed by atoms with Gasteiger partial charge in [-0.25, -0.2) is 0 Å². The summed E-state index contributed by atoms with van der Waals surface area (Å²) in [6.45, 7) is 2.82. The third-order valence-electron chi connectivity index (χ3n) is 3.69. The lowest BCUT2D eigenvalue weighted by molar-refractivity contribution is 0.0694. The summed E-state index contributed by atoms with van der Waals surface area (Å²) in [6, 6.07) is 2.21. The summed E-state index contributed by atoms with van der Waals surface area (Å²) in [4.78, 5) is 18.7. The fourth-order valence-electron chi connectivity index (χ4n) is 2.72. The van der Waals surface area contributed by atoms with Crippen LogP contribution in [0.3, 0.4) is 0 Å². The van der Waals surface area contributed by atoms with E-state index in [4.69, 9.17) is 0 Å². The van der Waals surface area contributed by atoms with Crippen molar-refractivity contribution in [1.29, 1.82) is 0 Å². The highest BCUT2D eigenvalue weighted by Crippen LogP contribution is 2.26. The maximum atomic E-state index is 12.6. The highest BCUT2D eigenvalue weighted by molar-refractivity contribution is 5.99. The van der Waals surface area contributed by atoms with Gasteiger partial charge in [0.25, 0.3) is 5.91 Å². The van der Waals surface area contributed by atoms with Crippen molar-refractivity contribution in [2.45, 2.75) is 38.6 Å². The van der Waals surface area contributed by atoms with Crippen LogP contribution in [0.4, 0.5) is 5.69 Å². The predicted molar refractivity (Wildman–Crippen MR) is 72.8 cm³/mol. The van der Waals surface area contributed by atoms with Gasteiger partial charge in [-0.2, -0.15) is 0 Å². The lowest BCUT2D eigenvalue weighted by Gasteiger charge is -2.28. The molecule has 1 aliphatic carbocycles. The summed E-state index contributed by atoms with van der Waals surface area (Å²) in [5.74, 6) is 0.121. The zero-order valence-corrected chi connectivity index (χ0v) is 11.1. The Morgan fingerprint density at radius 2 is 2.22 bits per heavy atom. The summed E-state index contributed by atoms with van der Waals surface area (Å²) in [6.07, 6.45) is 8.14. The first-order valence-corrected chi connectivity index (χ1v) is 6.70. The van der Waals surface area contributed by atoms with Gasteiger partial charge in [0.15, 0.2) is 0 Å². The molecule has 18 heavy (non-hydrogen) atoms. The molecule has 4 heteroatoms.